The molecule has 0 aromatic rings. The second kappa shape index (κ2) is 5.56. The van der Waals surface area contributed by atoms with E-state index in [9.17, 15) is 0 Å². The van der Waals surface area contributed by atoms with Gasteiger partial charge >= 0.3 is 0 Å². The predicted octanol–water partition coefficient (Wildman–Crippen LogP) is 2.16. The quantitative estimate of drug-likeness (QED) is 0.863. The van der Waals surface area contributed by atoms with Gasteiger partial charge in [0.2, 0.25) is 0 Å². The molecule has 0 bridgehead atoms. The van der Waals surface area contributed by atoms with Crippen molar-refractivity contribution in [1.29, 1.82) is 0 Å². The number of morpholine rings is 1. The third kappa shape index (κ3) is 3.35. The average molecular weight is 284 g/mol. The fraction of sp³-hybridized carbons (Fsp3) is 1.00. The average Bonchev–Trinajstić information content (AvgIpc) is 2.35. The Bertz CT molecular complexity index is 317. The summed E-state index contributed by atoms with van der Waals surface area (Å²) >= 11 is 0. The van der Waals surface area contributed by atoms with Crippen molar-refractivity contribution in [2.45, 2.75) is 76.2 Å². The van der Waals surface area contributed by atoms with E-state index in [4.69, 9.17) is 15.2 Å². The van der Waals surface area contributed by atoms with Gasteiger partial charge in [0, 0.05) is 32.3 Å². The number of hydrogen-bond donors (Lipinski definition) is 1. The van der Waals surface area contributed by atoms with E-state index in [0.29, 0.717) is 6.10 Å². The van der Waals surface area contributed by atoms with Crippen molar-refractivity contribution < 1.29 is 9.47 Å². The molecule has 4 nitrogen and oxygen atoms in total. The molecule has 0 unspecified atom stereocenters. The Labute approximate surface area is 124 Å². The van der Waals surface area contributed by atoms with Gasteiger partial charge in [-0.05, 0) is 53.4 Å². The van der Waals surface area contributed by atoms with Gasteiger partial charge in [0.05, 0.1) is 17.3 Å². The summed E-state index contributed by atoms with van der Waals surface area (Å²) in [6.45, 7) is 11.4. The lowest BCUT2D eigenvalue weighted by atomic mass is 9.77. The van der Waals surface area contributed by atoms with Gasteiger partial charge < -0.3 is 15.2 Å². The highest BCUT2D eigenvalue weighted by Gasteiger charge is 2.47. The monoisotopic (exact) mass is 284 g/mol. The highest BCUT2D eigenvalue weighted by atomic mass is 16.5. The van der Waals surface area contributed by atoms with E-state index in [0.717, 1.165) is 45.3 Å². The van der Waals surface area contributed by atoms with E-state index in [1.165, 1.54) is 0 Å². The van der Waals surface area contributed by atoms with Crippen molar-refractivity contribution in [1.82, 2.24) is 4.90 Å². The Morgan fingerprint density at radius 2 is 1.60 bits per heavy atom. The van der Waals surface area contributed by atoms with Crippen LogP contribution in [0.3, 0.4) is 0 Å². The maximum Gasteiger partial charge on any atom is 0.0761 e. The molecule has 1 heterocycles. The molecule has 0 aromatic heterocycles. The van der Waals surface area contributed by atoms with Crippen LogP contribution in [0.25, 0.3) is 0 Å². The van der Waals surface area contributed by atoms with Crippen molar-refractivity contribution in [2.24, 2.45) is 5.73 Å². The molecule has 2 rings (SSSR count). The molecular weight excluding hydrogens is 252 g/mol. The first-order valence-electron chi connectivity index (χ1n) is 7.90. The number of rotatable bonds is 3. The Morgan fingerprint density at radius 3 is 2.00 bits per heavy atom. The van der Waals surface area contributed by atoms with Crippen LogP contribution in [0, 0.1) is 0 Å². The maximum atomic E-state index is 6.21. The minimum absolute atomic E-state index is 0.109. The van der Waals surface area contributed by atoms with Crippen molar-refractivity contribution in [3.05, 3.63) is 0 Å². The van der Waals surface area contributed by atoms with Crippen LogP contribution in [0.5, 0.6) is 0 Å². The standard InChI is InChI=1S/C16H32N2O2/c1-14(2)11-18(12-15(3,4)20-14)16(10-17)8-6-13(19-5)7-9-16/h13H,6-12,17H2,1-5H3. The van der Waals surface area contributed by atoms with Crippen LogP contribution in [-0.2, 0) is 9.47 Å². The largest absolute Gasteiger partial charge is 0.381 e. The highest BCUT2D eigenvalue weighted by Crippen LogP contribution is 2.39. The van der Waals surface area contributed by atoms with Crippen molar-refractivity contribution in [2.75, 3.05) is 26.7 Å². The zero-order valence-electron chi connectivity index (χ0n) is 13.9. The van der Waals surface area contributed by atoms with E-state index in [1.807, 2.05) is 7.11 Å². The lowest BCUT2D eigenvalue weighted by Gasteiger charge is -2.56. The van der Waals surface area contributed by atoms with E-state index in [-0.39, 0.29) is 16.7 Å². The van der Waals surface area contributed by atoms with Gasteiger partial charge in [0.1, 0.15) is 0 Å². The highest BCUT2D eigenvalue weighted by molar-refractivity contribution is 5.02. The van der Waals surface area contributed by atoms with E-state index >= 15 is 0 Å². The Balaban J connectivity index is 2.15. The maximum absolute atomic E-state index is 6.21. The zero-order valence-corrected chi connectivity index (χ0v) is 13.9. The van der Waals surface area contributed by atoms with Gasteiger partial charge in [0.25, 0.3) is 0 Å². The van der Waals surface area contributed by atoms with Crippen LogP contribution in [0.1, 0.15) is 53.4 Å². The summed E-state index contributed by atoms with van der Waals surface area (Å²) in [7, 11) is 1.82. The van der Waals surface area contributed by atoms with Gasteiger partial charge in [-0.1, -0.05) is 0 Å². The molecule has 4 heteroatoms. The second-order valence-corrected chi connectivity index (χ2v) is 7.84. The molecule has 118 valence electrons. The zero-order chi connectivity index (χ0) is 15.0. The normalized spacial score (nSPS) is 37.8. The summed E-state index contributed by atoms with van der Waals surface area (Å²) in [5.41, 5.74) is 6.12. The molecule has 1 saturated carbocycles. The molecule has 0 amide bonds. The summed E-state index contributed by atoms with van der Waals surface area (Å²) in [6, 6.07) is 0. The lowest BCUT2D eigenvalue weighted by molar-refractivity contribution is -0.203. The van der Waals surface area contributed by atoms with E-state index in [1.54, 1.807) is 0 Å². The van der Waals surface area contributed by atoms with Crippen molar-refractivity contribution in [3.8, 4) is 0 Å². The van der Waals surface area contributed by atoms with Crippen molar-refractivity contribution in [3.63, 3.8) is 0 Å². The second-order valence-electron chi connectivity index (χ2n) is 7.84. The fourth-order valence-corrected chi connectivity index (χ4v) is 4.14. The van der Waals surface area contributed by atoms with E-state index in [2.05, 4.69) is 32.6 Å². The minimum atomic E-state index is -0.109. The predicted molar refractivity (Wildman–Crippen MR) is 81.9 cm³/mol. The van der Waals surface area contributed by atoms with Crippen LogP contribution in [-0.4, -0.2) is 54.5 Å². The Hall–Kier alpha value is -0.160. The Kier molecular flexibility index (Phi) is 4.51. The molecule has 2 aliphatic rings. The lowest BCUT2D eigenvalue weighted by Crippen LogP contribution is -2.67. The first-order valence-corrected chi connectivity index (χ1v) is 7.90. The summed E-state index contributed by atoms with van der Waals surface area (Å²) in [5, 5.41) is 0. The Morgan fingerprint density at radius 1 is 1.10 bits per heavy atom. The molecule has 0 radical (unpaired) electrons. The van der Waals surface area contributed by atoms with Crippen LogP contribution in [0.15, 0.2) is 0 Å². The van der Waals surface area contributed by atoms with Gasteiger partial charge in [-0.25, -0.2) is 0 Å². The molecule has 1 saturated heterocycles. The van der Waals surface area contributed by atoms with Gasteiger partial charge in [-0.2, -0.15) is 0 Å². The summed E-state index contributed by atoms with van der Waals surface area (Å²) in [6.07, 6.45) is 4.91. The van der Waals surface area contributed by atoms with Crippen LogP contribution in [0.2, 0.25) is 0 Å². The minimum Gasteiger partial charge on any atom is -0.381 e. The smallest absolute Gasteiger partial charge is 0.0761 e. The number of nitrogens with zero attached hydrogens (tertiary/aromatic N) is 1. The molecular formula is C16H32N2O2. The van der Waals surface area contributed by atoms with Gasteiger partial charge in [-0.3, -0.25) is 4.90 Å². The van der Waals surface area contributed by atoms with Crippen molar-refractivity contribution >= 4 is 0 Å². The molecule has 2 fully saturated rings. The summed E-state index contributed by atoms with van der Waals surface area (Å²) < 4.78 is 11.7. The number of ether oxygens (including phenoxy) is 2. The molecule has 1 aliphatic carbocycles. The van der Waals surface area contributed by atoms with Crippen LogP contribution < -0.4 is 5.73 Å². The molecule has 1 aliphatic heterocycles. The van der Waals surface area contributed by atoms with Crippen LogP contribution >= 0.6 is 0 Å². The van der Waals surface area contributed by atoms with Crippen LogP contribution in [0.4, 0.5) is 0 Å². The third-order valence-electron chi connectivity index (χ3n) is 4.94. The molecule has 20 heavy (non-hydrogen) atoms. The molecule has 0 spiro atoms. The first-order chi connectivity index (χ1) is 9.22. The van der Waals surface area contributed by atoms with Gasteiger partial charge in [0.15, 0.2) is 0 Å². The molecule has 2 N–H and O–H groups in total. The fourth-order valence-electron chi connectivity index (χ4n) is 4.14. The number of hydrogen-bond acceptors (Lipinski definition) is 4. The first kappa shape index (κ1) is 16.2. The summed E-state index contributed by atoms with van der Waals surface area (Å²) in [4.78, 5) is 2.60. The topological polar surface area (TPSA) is 47.7 Å². The molecule has 0 atom stereocenters. The van der Waals surface area contributed by atoms with Gasteiger partial charge in [-0.15, -0.1) is 0 Å². The molecule has 0 aromatic carbocycles. The summed E-state index contributed by atoms with van der Waals surface area (Å²) in [5.74, 6) is 0. The number of methoxy groups -OCH3 is 1. The third-order valence-corrected chi connectivity index (χ3v) is 4.94. The van der Waals surface area contributed by atoms with E-state index < -0.39 is 0 Å². The SMILES string of the molecule is COC1CCC(CN)(N2CC(C)(C)OC(C)(C)C2)CC1. The number of nitrogens with two attached hydrogens (primary N) is 1.